The minimum atomic E-state index is -3.42. The third-order valence-electron chi connectivity index (χ3n) is 5.11. The largest absolute Gasteiger partial charge is 0.494 e. The summed E-state index contributed by atoms with van der Waals surface area (Å²) in [6.45, 7) is 0. The number of pyridine rings is 1. The second-order valence-corrected chi connectivity index (χ2v) is 9.57. The first-order valence-electron chi connectivity index (χ1n) is 10.1. The number of para-hydroxylation sites is 2. The van der Waals surface area contributed by atoms with Crippen LogP contribution in [0.2, 0.25) is 0 Å². The number of methoxy groups -OCH3 is 1. The quantitative estimate of drug-likeness (QED) is 0.415. The second-order valence-electron chi connectivity index (χ2n) is 7.82. The van der Waals surface area contributed by atoms with Gasteiger partial charge in [-0.3, -0.25) is 9.52 Å². The minimum absolute atomic E-state index is 0.136. The number of rotatable bonds is 6. The Morgan fingerprint density at radius 1 is 1.00 bits per heavy atom. The van der Waals surface area contributed by atoms with Crippen molar-refractivity contribution in [3.05, 3.63) is 66.2 Å². The second kappa shape index (κ2) is 8.59. The summed E-state index contributed by atoms with van der Waals surface area (Å²) in [7, 11) is 1.51. The number of hydrogen-bond donors (Lipinski definition) is 2. The van der Waals surface area contributed by atoms with Gasteiger partial charge in [0, 0.05) is 30.9 Å². The summed E-state index contributed by atoms with van der Waals surface area (Å²) in [5, 5.41) is 5.08. The van der Waals surface area contributed by atoms with Crippen molar-refractivity contribution in [2.24, 2.45) is 0 Å². The number of nitrogens with zero attached hydrogens (tertiary/aromatic N) is 2. The number of carbonyl (C=O) groups is 1. The molecule has 0 saturated carbocycles. The van der Waals surface area contributed by atoms with Crippen LogP contribution in [0.1, 0.15) is 10.4 Å². The predicted octanol–water partition coefficient (Wildman–Crippen LogP) is 4.21. The zero-order chi connectivity index (χ0) is 23.8. The van der Waals surface area contributed by atoms with Crippen LogP contribution in [0.25, 0.3) is 21.8 Å². The monoisotopic (exact) mass is 464 g/mol. The van der Waals surface area contributed by atoms with E-state index in [2.05, 4.69) is 10.0 Å². The molecule has 0 spiro atoms. The summed E-state index contributed by atoms with van der Waals surface area (Å²) in [5.74, 6) is 0.321. The van der Waals surface area contributed by atoms with Crippen molar-refractivity contribution in [1.82, 2.24) is 9.88 Å². The summed E-state index contributed by atoms with van der Waals surface area (Å²) in [6.07, 6.45) is 1.09. The zero-order valence-electron chi connectivity index (χ0n) is 18.7. The maximum absolute atomic E-state index is 12.8. The molecule has 0 fully saturated rings. The number of hydrogen-bond acceptors (Lipinski definition) is 6. The summed E-state index contributed by atoms with van der Waals surface area (Å²) in [6, 6.07) is 18.2. The van der Waals surface area contributed by atoms with Gasteiger partial charge in [0.05, 0.1) is 47.0 Å². The maximum atomic E-state index is 12.8. The van der Waals surface area contributed by atoms with Gasteiger partial charge in [0.2, 0.25) is 10.0 Å². The van der Waals surface area contributed by atoms with E-state index in [-0.39, 0.29) is 5.91 Å². The van der Waals surface area contributed by atoms with Crippen molar-refractivity contribution in [3.63, 3.8) is 0 Å². The number of carbonyl (C=O) groups excluding carboxylic acids is 1. The summed E-state index contributed by atoms with van der Waals surface area (Å²) < 4.78 is 31.2. The molecule has 9 heteroatoms. The highest BCUT2D eigenvalue weighted by Crippen LogP contribution is 2.38. The Balaban J connectivity index is 1.92. The van der Waals surface area contributed by atoms with Gasteiger partial charge in [-0.05, 0) is 24.3 Å². The zero-order valence-corrected chi connectivity index (χ0v) is 19.5. The van der Waals surface area contributed by atoms with Crippen LogP contribution in [-0.2, 0) is 10.0 Å². The summed E-state index contributed by atoms with van der Waals surface area (Å²) in [4.78, 5) is 19.1. The average Bonchev–Trinajstić information content (AvgIpc) is 2.77. The van der Waals surface area contributed by atoms with E-state index in [9.17, 15) is 13.2 Å². The van der Waals surface area contributed by atoms with E-state index in [1.54, 1.807) is 38.4 Å². The van der Waals surface area contributed by atoms with Crippen molar-refractivity contribution in [3.8, 4) is 5.75 Å². The summed E-state index contributed by atoms with van der Waals surface area (Å²) >= 11 is 0. The van der Waals surface area contributed by atoms with Crippen LogP contribution >= 0.6 is 0 Å². The minimum Gasteiger partial charge on any atom is -0.494 e. The molecule has 0 saturated heterocycles. The summed E-state index contributed by atoms with van der Waals surface area (Å²) in [5.41, 5.74) is 3.63. The predicted molar refractivity (Wildman–Crippen MR) is 132 cm³/mol. The van der Waals surface area contributed by atoms with E-state index in [1.807, 2.05) is 36.4 Å². The Morgan fingerprint density at radius 2 is 1.73 bits per heavy atom. The molecule has 8 nitrogen and oxygen atoms in total. The third kappa shape index (κ3) is 4.54. The standard InChI is InChI=1S/C24H24N4O4S/c1-28(2)24(29)18-10-7-9-17-22(16-8-5-6-11-19(16)25-23(17)18)26-20-13-12-15(14-21(20)32-3)27-33(4,30)31/h5-14,27H,1-4H3,(H,25,26). The maximum Gasteiger partial charge on any atom is 0.255 e. The highest BCUT2D eigenvalue weighted by molar-refractivity contribution is 7.92. The number of amides is 1. The molecule has 1 aromatic heterocycles. The van der Waals surface area contributed by atoms with Gasteiger partial charge < -0.3 is 15.0 Å². The first-order valence-corrected chi connectivity index (χ1v) is 12.0. The molecule has 0 bridgehead atoms. The third-order valence-corrected chi connectivity index (χ3v) is 5.72. The Hall–Kier alpha value is -3.85. The van der Waals surface area contributed by atoms with Crippen molar-refractivity contribution in [2.75, 3.05) is 37.5 Å². The van der Waals surface area contributed by atoms with E-state index in [4.69, 9.17) is 9.72 Å². The fourth-order valence-corrected chi connectivity index (χ4v) is 4.22. The molecule has 33 heavy (non-hydrogen) atoms. The van der Waals surface area contributed by atoms with Crippen LogP contribution in [0.3, 0.4) is 0 Å². The fraction of sp³-hybridized carbons (Fsp3) is 0.167. The van der Waals surface area contributed by atoms with Crippen LogP contribution in [0.15, 0.2) is 60.7 Å². The molecule has 4 aromatic rings. The van der Waals surface area contributed by atoms with E-state index in [1.165, 1.54) is 12.0 Å². The fourth-order valence-electron chi connectivity index (χ4n) is 3.67. The Kier molecular flexibility index (Phi) is 5.82. The molecule has 0 aliphatic rings. The lowest BCUT2D eigenvalue weighted by Crippen LogP contribution is -2.22. The van der Waals surface area contributed by atoms with Crippen molar-refractivity contribution < 1.29 is 17.9 Å². The molecular weight excluding hydrogens is 440 g/mol. The van der Waals surface area contributed by atoms with Crippen molar-refractivity contribution in [1.29, 1.82) is 0 Å². The van der Waals surface area contributed by atoms with E-state index in [0.717, 1.165) is 28.2 Å². The van der Waals surface area contributed by atoms with Crippen LogP contribution < -0.4 is 14.8 Å². The SMILES string of the molecule is COc1cc(NS(C)(=O)=O)ccc1Nc1c2ccccc2nc2c(C(=O)N(C)C)cccc12. The lowest BCUT2D eigenvalue weighted by atomic mass is 10.0. The Labute approximate surface area is 192 Å². The van der Waals surface area contributed by atoms with Crippen LogP contribution in [-0.4, -0.2) is 51.7 Å². The van der Waals surface area contributed by atoms with E-state index in [0.29, 0.717) is 28.2 Å². The molecule has 2 N–H and O–H groups in total. The van der Waals surface area contributed by atoms with Gasteiger partial charge in [-0.25, -0.2) is 13.4 Å². The molecule has 0 aliphatic carbocycles. The first-order chi connectivity index (χ1) is 15.7. The average molecular weight is 465 g/mol. The van der Waals surface area contributed by atoms with Crippen LogP contribution in [0.5, 0.6) is 5.75 Å². The van der Waals surface area contributed by atoms with Gasteiger partial charge in [0.1, 0.15) is 5.75 Å². The van der Waals surface area contributed by atoms with Gasteiger partial charge in [0.25, 0.3) is 5.91 Å². The highest BCUT2D eigenvalue weighted by atomic mass is 32.2. The van der Waals surface area contributed by atoms with Gasteiger partial charge in [0.15, 0.2) is 0 Å². The molecule has 0 unspecified atom stereocenters. The lowest BCUT2D eigenvalue weighted by Gasteiger charge is -2.18. The van der Waals surface area contributed by atoms with E-state index < -0.39 is 10.0 Å². The number of benzene rings is 3. The van der Waals surface area contributed by atoms with Gasteiger partial charge in [-0.15, -0.1) is 0 Å². The molecule has 4 rings (SSSR count). The Bertz CT molecular complexity index is 1480. The molecule has 0 radical (unpaired) electrons. The van der Waals surface area contributed by atoms with Crippen LogP contribution in [0.4, 0.5) is 17.1 Å². The molecule has 170 valence electrons. The normalized spacial score (nSPS) is 11.4. The number of aromatic nitrogens is 1. The first kappa shape index (κ1) is 22.3. The highest BCUT2D eigenvalue weighted by Gasteiger charge is 2.18. The number of anilines is 3. The van der Waals surface area contributed by atoms with Gasteiger partial charge in [-0.1, -0.05) is 30.3 Å². The number of nitrogens with one attached hydrogen (secondary N) is 2. The number of sulfonamides is 1. The smallest absolute Gasteiger partial charge is 0.255 e. The van der Waals surface area contributed by atoms with E-state index >= 15 is 0 Å². The molecular formula is C24H24N4O4S. The number of fused-ring (bicyclic) bond motifs is 2. The molecule has 1 amide bonds. The Morgan fingerprint density at radius 3 is 2.42 bits per heavy atom. The number of ether oxygens (including phenoxy) is 1. The molecule has 0 aliphatic heterocycles. The van der Waals surface area contributed by atoms with Gasteiger partial charge >= 0.3 is 0 Å². The van der Waals surface area contributed by atoms with Crippen molar-refractivity contribution >= 4 is 54.8 Å². The molecule has 1 heterocycles. The lowest BCUT2D eigenvalue weighted by molar-refractivity contribution is 0.0829. The molecule has 0 atom stereocenters. The molecule has 3 aromatic carbocycles. The van der Waals surface area contributed by atoms with Crippen molar-refractivity contribution in [2.45, 2.75) is 0 Å². The van der Waals surface area contributed by atoms with Crippen LogP contribution in [0, 0.1) is 0 Å². The topological polar surface area (TPSA) is 101 Å². The van der Waals surface area contributed by atoms with Gasteiger partial charge in [-0.2, -0.15) is 0 Å².